The number of nitriles is 1. The van der Waals surface area contributed by atoms with Gasteiger partial charge in [0.05, 0.1) is 10.6 Å². The molecule has 7 heteroatoms. The standard InChI is InChI=1S/C24H18N4O2S/c1-14-9-10-15(2)19(12-14)26-23(29)18(13-25)21-16-6-3-4-7-17(16)22(27-21)28-24(30)20-8-5-11-31-20/h3-12H,1-2H3,(H,26,29)(H,27,28,30). The van der Waals surface area contributed by atoms with Crippen LogP contribution in [0, 0.1) is 25.2 Å². The van der Waals surface area contributed by atoms with Crippen molar-refractivity contribution in [3.63, 3.8) is 0 Å². The van der Waals surface area contributed by atoms with Crippen LogP contribution in [-0.4, -0.2) is 17.6 Å². The molecule has 0 bridgehead atoms. The number of nitrogens with one attached hydrogen (secondary N) is 2. The number of hydrogen-bond acceptors (Lipinski definition) is 5. The van der Waals surface area contributed by atoms with Gasteiger partial charge >= 0.3 is 0 Å². The highest BCUT2D eigenvalue weighted by Gasteiger charge is 2.27. The third kappa shape index (κ3) is 4.02. The Labute approximate surface area is 183 Å². The largest absolute Gasteiger partial charge is 0.321 e. The molecule has 2 heterocycles. The van der Waals surface area contributed by atoms with Crippen molar-refractivity contribution in [1.82, 2.24) is 5.32 Å². The minimum atomic E-state index is -0.546. The van der Waals surface area contributed by atoms with E-state index < -0.39 is 5.91 Å². The first-order valence-corrected chi connectivity index (χ1v) is 10.4. The molecule has 0 radical (unpaired) electrons. The first-order chi connectivity index (χ1) is 15.0. The number of carbonyl (C=O) groups excluding carboxylic acids is 2. The zero-order chi connectivity index (χ0) is 22.0. The van der Waals surface area contributed by atoms with E-state index in [2.05, 4.69) is 15.6 Å². The summed E-state index contributed by atoms with van der Waals surface area (Å²) >= 11 is 1.32. The molecule has 0 spiro atoms. The molecule has 6 nitrogen and oxygen atoms in total. The molecule has 0 atom stereocenters. The lowest BCUT2D eigenvalue weighted by molar-refractivity contribution is -0.112. The van der Waals surface area contributed by atoms with Crippen LogP contribution in [0.15, 0.2) is 70.5 Å². The minimum Gasteiger partial charge on any atom is -0.321 e. The van der Waals surface area contributed by atoms with Gasteiger partial charge in [-0.1, -0.05) is 42.5 Å². The van der Waals surface area contributed by atoms with Gasteiger partial charge in [-0.2, -0.15) is 5.26 Å². The number of aryl methyl sites for hydroxylation is 2. The summed E-state index contributed by atoms with van der Waals surface area (Å²) in [5, 5.41) is 17.2. The second-order valence-electron chi connectivity index (χ2n) is 7.05. The van der Waals surface area contributed by atoms with Gasteiger partial charge in [0.1, 0.15) is 17.5 Å². The zero-order valence-electron chi connectivity index (χ0n) is 16.9. The lowest BCUT2D eigenvalue weighted by atomic mass is 10.0. The summed E-state index contributed by atoms with van der Waals surface area (Å²) in [6, 6.07) is 18.4. The molecule has 1 aliphatic rings. The molecule has 0 saturated heterocycles. The molecule has 2 aromatic carbocycles. The van der Waals surface area contributed by atoms with Crippen LogP contribution >= 0.6 is 11.3 Å². The van der Waals surface area contributed by atoms with Crippen LogP contribution in [0.25, 0.3) is 5.70 Å². The first-order valence-electron chi connectivity index (χ1n) is 9.54. The summed E-state index contributed by atoms with van der Waals surface area (Å²) in [6.45, 7) is 3.81. The number of thiophene rings is 1. The summed E-state index contributed by atoms with van der Waals surface area (Å²) in [5.74, 6) is -0.518. The van der Waals surface area contributed by atoms with Gasteiger partial charge in [0.15, 0.2) is 0 Å². The maximum absolute atomic E-state index is 13.0. The second-order valence-corrected chi connectivity index (χ2v) is 7.99. The quantitative estimate of drug-likeness (QED) is 0.479. The zero-order valence-corrected chi connectivity index (χ0v) is 17.7. The maximum atomic E-state index is 13.0. The van der Waals surface area contributed by atoms with E-state index in [-0.39, 0.29) is 17.2 Å². The van der Waals surface area contributed by atoms with Crippen molar-refractivity contribution in [2.45, 2.75) is 13.8 Å². The number of aliphatic imine (C=N–C) groups is 1. The predicted molar refractivity (Wildman–Crippen MR) is 122 cm³/mol. The monoisotopic (exact) mass is 426 g/mol. The molecule has 1 aromatic heterocycles. The molecule has 4 rings (SSSR count). The normalized spacial score (nSPS) is 13.6. The lowest BCUT2D eigenvalue weighted by Gasteiger charge is -2.09. The van der Waals surface area contributed by atoms with Crippen molar-refractivity contribution in [3.8, 4) is 6.07 Å². The Kier molecular flexibility index (Phi) is 5.48. The molecule has 0 unspecified atom stereocenters. The van der Waals surface area contributed by atoms with Crippen molar-refractivity contribution in [2.75, 3.05) is 5.32 Å². The highest BCUT2D eigenvalue weighted by molar-refractivity contribution is 7.12. The third-order valence-electron chi connectivity index (χ3n) is 4.85. The van der Waals surface area contributed by atoms with Gasteiger partial charge in [-0.15, -0.1) is 11.3 Å². The Hall–Kier alpha value is -4.02. The molecule has 31 heavy (non-hydrogen) atoms. The van der Waals surface area contributed by atoms with Crippen LogP contribution in [-0.2, 0) is 4.79 Å². The first kappa shape index (κ1) is 20.3. The van der Waals surface area contributed by atoms with Crippen molar-refractivity contribution < 1.29 is 9.59 Å². The molecule has 3 aromatic rings. The van der Waals surface area contributed by atoms with E-state index in [1.165, 1.54) is 11.3 Å². The van der Waals surface area contributed by atoms with E-state index in [4.69, 9.17) is 0 Å². The fourth-order valence-electron chi connectivity index (χ4n) is 3.26. The van der Waals surface area contributed by atoms with Gasteiger partial charge in [-0.25, -0.2) is 4.99 Å². The van der Waals surface area contributed by atoms with Crippen LogP contribution in [0.3, 0.4) is 0 Å². The van der Waals surface area contributed by atoms with Gasteiger partial charge in [-0.05, 0) is 42.5 Å². The fraction of sp³-hybridized carbons (Fsp3) is 0.0833. The number of nitrogens with zero attached hydrogens (tertiary/aromatic N) is 2. The summed E-state index contributed by atoms with van der Waals surface area (Å²) < 4.78 is 0. The molecule has 2 amide bonds. The van der Waals surface area contributed by atoms with Crippen LogP contribution < -0.4 is 10.6 Å². The summed E-state index contributed by atoms with van der Waals surface area (Å²) in [4.78, 5) is 30.5. The van der Waals surface area contributed by atoms with Gasteiger partial charge in [0, 0.05) is 16.8 Å². The maximum Gasteiger partial charge on any atom is 0.268 e. The Morgan fingerprint density at radius 3 is 2.48 bits per heavy atom. The average molecular weight is 427 g/mol. The number of rotatable bonds is 3. The molecule has 152 valence electrons. The SMILES string of the molecule is Cc1ccc(C)c(NC(=O)C(C#N)=C2N=C(NC(=O)c3cccs3)c3ccccc32)c1. The van der Waals surface area contributed by atoms with E-state index in [0.717, 1.165) is 11.1 Å². The Morgan fingerprint density at radius 2 is 1.77 bits per heavy atom. The highest BCUT2D eigenvalue weighted by atomic mass is 32.1. The van der Waals surface area contributed by atoms with Gasteiger partial charge in [0.25, 0.3) is 11.8 Å². The number of hydrogen-bond donors (Lipinski definition) is 2. The van der Waals surface area contributed by atoms with Gasteiger partial charge in [0.2, 0.25) is 0 Å². The van der Waals surface area contributed by atoms with Gasteiger partial charge in [-0.3, -0.25) is 9.59 Å². The van der Waals surface area contributed by atoms with Crippen LogP contribution in [0.5, 0.6) is 0 Å². The minimum absolute atomic E-state index is 0.117. The highest BCUT2D eigenvalue weighted by Crippen LogP contribution is 2.31. The molecule has 2 N–H and O–H groups in total. The lowest BCUT2D eigenvalue weighted by Crippen LogP contribution is -2.29. The summed E-state index contributed by atoms with van der Waals surface area (Å²) in [6.07, 6.45) is 0. The Balaban J connectivity index is 1.72. The van der Waals surface area contributed by atoms with Crippen LogP contribution in [0.1, 0.15) is 31.9 Å². The van der Waals surface area contributed by atoms with Crippen molar-refractivity contribution in [2.24, 2.45) is 4.99 Å². The van der Waals surface area contributed by atoms with Gasteiger partial charge < -0.3 is 10.6 Å². The topological polar surface area (TPSA) is 94.3 Å². The summed E-state index contributed by atoms with van der Waals surface area (Å²) in [7, 11) is 0. The van der Waals surface area contributed by atoms with E-state index >= 15 is 0 Å². The molecule has 0 fully saturated rings. The number of carbonyl (C=O) groups is 2. The van der Waals surface area contributed by atoms with Crippen LogP contribution in [0.4, 0.5) is 5.69 Å². The average Bonchev–Trinajstić information content (AvgIpc) is 3.41. The molecule has 1 aliphatic heterocycles. The second kappa shape index (κ2) is 8.38. The van der Waals surface area contributed by atoms with E-state index in [1.807, 2.05) is 49.6 Å². The molecule has 0 saturated carbocycles. The number of amides is 2. The number of fused-ring (bicyclic) bond motifs is 1. The summed E-state index contributed by atoms with van der Waals surface area (Å²) in [5.41, 5.74) is 3.93. The molecular weight excluding hydrogens is 408 g/mol. The Bertz CT molecular complexity index is 1300. The molecular formula is C24H18N4O2S. The van der Waals surface area contributed by atoms with Crippen molar-refractivity contribution in [1.29, 1.82) is 5.26 Å². The van der Waals surface area contributed by atoms with Crippen molar-refractivity contribution >= 4 is 40.4 Å². The van der Waals surface area contributed by atoms with Crippen LogP contribution in [0.2, 0.25) is 0 Å². The Morgan fingerprint density at radius 1 is 1.00 bits per heavy atom. The fourth-order valence-corrected chi connectivity index (χ4v) is 3.88. The molecule has 0 aliphatic carbocycles. The number of benzene rings is 2. The predicted octanol–water partition coefficient (Wildman–Crippen LogP) is 4.43. The van der Waals surface area contributed by atoms with E-state index in [9.17, 15) is 14.9 Å². The number of anilines is 1. The number of amidine groups is 1. The van der Waals surface area contributed by atoms with E-state index in [0.29, 0.717) is 27.5 Å². The van der Waals surface area contributed by atoms with E-state index in [1.54, 1.807) is 30.3 Å². The third-order valence-corrected chi connectivity index (χ3v) is 5.72. The smallest absolute Gasteiger partial charge is 0.268 e. The van der Waals surface area contributed by atoms with Crippen molar-refractivity contribution in [3.05, 3.63) is 92.7 Å².